The Hall–Kier alpha value is -0.629. The number of carbonyl (C=O) groups excluding carboxylic acids is 1. The summed E-state index contributed by atoms with van der Waals surface area (Å²) in [6.45, 7) is 16.5. The molecule has 0 bridgehead atoms. The lowest BCUT2D eigenvalue weighted by molar-refractivity contribution is -0.133. The molecule has 0 aliphatic rings. The average Bonchev–Trinajstić information content (AvgIpc) is 2.45. The Labute approximate surface area is 165 Å². The highest BCUT2D eigenvalue weighted by molar-refractivity contribution is 6.88. The minimum atomic E-state index is -3.05. The van der Waals surface area contributed by atoms with Gasteiger partial charge in [-0.25, -0.2) is 4.79 Å². The van der Waals surface area contributed by atoms with Crippen molar-refractivity contribution in [1.29, 1.82) is 0 Å². The van der Waals surface area contributed by atoms with Gasteiger partial charge in [-0.15, -0.1) is 0 Å². The van der Waals surface area contributed by atoms with E-state index < -0.39 is 55.2 Å². The van der Waals surface area contributed by atoms with Crippen molar-refractivity contribution in [3.8, 4) is 0 Å². The quantitative estimate of drug-likeness (QED) is 0.337. The second-order valence-electron chi connectivity index (χ2n) is 8.81. The van der Waals surface area contributed by atoms with Crippen molar-refractivity contribution in [2.75, 3.05) is 6.61 Å². The first-order valence-electron chi connectivity index (χ1n) is 9.16. The van der Waals surface area contributed by atoms with E-state index in [0.717, 1.165) is 0 Å². The van der Waals surface area contributed by atoms with E-state index >= 15 is 0 Å². The maximum absolute atomic E-state index is 12.8. The van der Waals surface area contributed by atoms with Crippen LogP contribution in [0.5, 0.6) is 0 Å². The van der Waals surface area contributed by atoms with Crippen LogP contribution in [0.1, 0.15) is 20.3 Å². The molecule has 158 valence electrons. The smallest absolute Gasteiger partial charge is 0.331 e. The van der Waals surface area contributed by atoms with Gasteiger partial charge in [0.05, 0.1) is 6.61 Å². The normalized spacial score (nSPS) is 16.6. The van der Waals surface area contributed by atoms with Crippen LogP contribution < -0.4 is 0 Å². The second kappa shape index (κ2) is 9.72. The van der Waals surface area contributed by atoms with Crippen LogP contribution in [-0.2, 0) is 17.8 Å². The number of aliphatic hydroxyl groups is 2. The van der Waals surface area contributed by atoms with E-state index in [9.17, 15) is 24.9 Å². The maximum atomic E-state index is 12.8. The van der Waals surface area contributed by atoms with Gasteiger partial charge in [0.25, 0.3) is 0 Å². The number of hydrogen-bond donors (Lipinski definition) is 3. The lowest BCUT2D eigenvalue weighted by Crippen LogP contribution is -2.56. The first-order chi connectivity index (χ1) is 12.0. The number of aliphatic hydroxyl groups excluding tert-OH is 2. The first kappa shape index (κ1) is 26.4. The molecule has 0 amide bonds. The van der Waals surface area contributed by atoms with Crippen LogP contribution in [0.4, 0.5) is 0 Å². The Bertz CT molecular complexity index is 560. The average molecular weight is 437 g/mol. The molecule has 27 heavy (non-hydrogen) atoms. The number of carboxylic acid groups (broad SMARTS) is 1. The highest BCUT2D eigenvalue weighted by Crippen LogP contribution is 2.40. The molecule has 0 heterocycles. The number of Topliss-reactive ketones (excluding diaryl/α,β-unsaturated/α-hetero) is 1. The zero-order chi connectivity index (χ0) is 21.8. The van der Waals surface area contributed by atoms with Crippen LogP contribution >= 0.6 is 0 Å². The summed E-state index contributed by atoms with van der Waals surface area (Å²) in [5.74, 6) is -2.01. The third-order valence-corrected chi connectivity index (χ3v) is 14.0. The van der Waals surface area contributed by atoms with Crippen molar-refractivity contribution >= 4 is 36.9 Å². The highest BCUT2D eigenvalue weighted by Gasteiger charge is 2.50. The number of ketones is 1. The molecular weight excluding hydrogens is 400 g/mol. The van der Waals surface area contributed by atoms with Crippen LogP contribution in [0.3, 0.4) is 0 Å². The molecule has 0 aliphatic carbocycles. The molecule has 10 heteroatoms. The fraction of sp³-hybridized carbons (Fsp3) is 0.765. The van der Waals surface area contributed by atoms with Gasteiger partial charge in [0.15, 0.2) is 22.4 Å². The summed E-state index contributed by atoms with van der Waals surface area (Å²) in [5.41, 5.74) is -0.714. The number of rotatable bonds is 11. The van der Waals surface area contributed by atoms with Crippen LogP contribution in [0.15, 0.2) is 11.1 Å². The summed E-state index contributed by atoms with van der Waals surface area (Å²) in [4.78, 5) is 24.5. The van der Waals surface area contributed by atoms with Gasteiger partial charge in [0.1, 0.15) is 6.10 Å². The maximum Gasteiger partial charge on any atom is 0.331 e. The van der Waals surface area contributed by atoms with Gasteiger partial charge < -0.3 is 23.5 Å². The first-order valence-corrected chi connectivity index (χ1v) is 18.4. The van der Waals surface area contributed by atoms with E-state index in [1.165, 1.54) is 6.92 Å². The van der Waals surface area contributed by atoms with Gasteiger partial charge in [0, 0.05) is 16.7 Å². The van der Waals surface area contributed by atoms with Gasteiger partial charge >= 0.3 is 14.5 Å². The molecule has 2 unspecified atom stereocenters. The topological polar surface area (TPSA) is 113 Å². The SMILES string of the molecule is CCC(/C(C(=O)C(O)CO)=C(\C)C(=O)O)[Si](C)(O[Si](C)(C)C)O[Si](C)(C)C. The minimum absolute atomic E-state index is 0.00258. The number of carboxylic acids is 1. The molecule has 0 aromatic heterocycles. The van der Waals surface area contributed by atoms with E-state index in [0.29, 0.717) is 6.42 Å². The molecule has 0 fully saturated rings. The molecule has 0 aliphatic heterocycles. The van der Waals surface area contributed by atoms with Crippen molar-refractivity contribution in [2.45, 2.75) is 77.7 Å². The highest BCUT2D eigenvalue weighted by atomic mass is 28.5. The summed E-state index contributed by atoms with van der Waals surface area (Å²) in [6, 6.07) is 0. The Morgan fingerprint density at radius 2 is 1.37 bits per heavy atom. The monoisotopic (exact) mass is 436 g/mol. The van der Waals surface area contributed by atoms with Gasteiger partial charge in [-0.2, -0.15) is 0 Å². The van der Waals surface area contributed by atoms with Crippen molar-refractivity contribution in [1.82, 2.24) is 0 Å². The summed E-state index contributed by atoms with van der Waals surface area (Å²) in [7, 11) is -7.22. The van der Waals surface area contributed by atoms with Crippen molar-refractivity contribution < 1.29 is 33.1 Å². The molecule has 0 spiro atoms. The zero-order valence-corrected chi connectivity index (χ0v) is 21.0. The molecule has 0 rings (SSSR count). The fourth-order valence-corrected chi connectivity index (χ4v) is 16.2. The lowest BCUT2D eigenvalue weighted by Gasteiger charge is -2.43. The van der Waals surface area contributed by atoms with E-state index in [-0.39, 0.29) is 11.1 Å². The predicted molar refractivity (Wildman–Crippen MR) is 113 cm³/mol. The van der Waals surface area contributed by atoms with Crippen LogP contribution in [0.25, 0.3) is 0 Å². The van der Waals surface area contributed by atoms with E-state index in [4.69, 9.17) is 8.23 Å². The van der Waals surface area contributed by atoms with E-state index in [2.05, 4.69) is 0 Å². The summed E-state index contributed by atoms with van der Waals surface area (Å²) >= 11 is 0. The van der Waals surface area contributed by atoms with E-state index in [1.807, 2.05) is 52.8 Å². The number of carbonyl (C=O) groups is 2. The fourth-order valence-electron chi connectivity index (χ4n) is 3.21. The Morgan fingerprint density at radius 3 is 1.63 bits per heavy atom. The van der Waals surface area contributed by atoms with Crippen LogP contribution in [0.2, 0.25) is 51.4 Å². The predicted octanol–water partition coefficient (Wildman–Crippen LogP) is 2.87. The van der Waals surface area contributed by atoms with Crippen LogP contribution in [-0.4, -0.2) is 65.0 Å². The van der Waals surface area contributed by atoms with Crippen molar-refractivity contribution in [2.24, 2.45) is 0 Å². The molecule has 0 saturated heterocycles. The Morgan fingerprint density at radius 1 is 0.963 bits per heavy atom. The Kier molecular flexibility index (Phi) is 9.49. The third kappa shape index (κ3) is 8.10. The van der Waals surface area contributed by atoms with Gasteiger partial charge in [0.2, 0.25) is 0 Å². The summed E-state index contributed by atoms with van der Waals surface area (Å²) < 4.78 is 13.0. The zero-order valence-electron chi connectivity index (χ0n) is 18.0. The summed E-state index contributed by atoms with van der Waals surface area (Å²) in [6.07, 6.45) is -1.23. The molecule has 0 radical (unpaired) electrons. The standard InChI is InChI=1S/C17H36O7Si3/c1-10-14(15(12(2)17(21)22)16(20)13(19)11-18)27(9,23-25(3,4)5)24-26(6,7)8/h13-14,18-19H,10-11H2,1-9H3,(H,21,22)/b15-12-. The van der Waals surface area contributed by atoms with Crippen LogP contribution in [0, 0.1) is 0 Å². The van der Waals surface area contributed by atoms with E-state index in [1.54, 1.807) is 0 Å². The van der Waals surface area contributed by atoms with Crippen molar-refractivity contribution in [3.05, 3.63) is 11.1 Å². The van der Waals surface area contributed by atoms with Gasteiger partial charge in [-0.1, -0.05) is 6.92 Å². The molecule has 2 atom stereocenters. The number of aliphatic carboxylic acids is 1. The van der Waals surface area contributed by atoms with Gasteiger partial charge in [-0.3, -0.25) is 4.79 Å². The third-order valence-electron chi connectivity index (χ3n) is 3.87. The van der Waals surface area contributed by atoms with Gasteiger partial charge in [-0.05, 0) is 59.2 Å². The van der Waals surface area contributed by atoms with Crippen molar-refractivity contribution in [3.63, 3.8) is 0 Å². The second-order valence-corrected chi connectivity index (χ2v) is 21.6. The molecule has 0 saturated carbocycles. The molecule has 3 N–H and O–H groups in total. The molecule has 0 aromatic carbocycles. The largest absolute Gasteiger partial charge is 0.478 e. The summed E-state index contributed by atoms with van der Waals surface area (Å²) in [5, 5.41) is 28.7. The minimum Gasteiger partial charge on any atom is -0.478 e. The molecule has 0 aromatic rings. The molecule has 7 nitrogen and oxygen atoms in total. The molecular formula is C17H36O7Si3. The Balaban J connectivity index is 6.60. The lowest BCUT2D eigenvalue weighted by atomic mass is 9.96. The number of hydrogen-bond acceptors (Lipinski definition) is 6.